The van der Waals surface area contributed by atoms with Gasteiger partial charge in [-0.2, -0.15) is 5.26 Å². The SMILES string of the molecule is N#Cc1ccc(C2=NC(/C=C(\C(=N)C3CC3)c3ccc(F)cc3F)NC(=O)C2)cc1. The second-order valence-corrected chi connectivity index (χ2v) is 7.35. The summed E-state index contributed by atoms with van der Waals surface area (Å²) in [5.74, 6) is -1.67. The molecule has 4 rings (SSSR count). The van der Waals surface area contributed by atoms with E-state index < -0.39 is 17.8 Å². The lowest BCUT2D eigenvalue weighted by atomic mass is 9.96. The Morgan fingerprint density at radius 1 is 1.20 bits per heavy atom. The van der Waals surface area contributed by atoms with E-state index in [1.54, 1.807) is 30.3 Å². The van der Waals surface area contributed by atoms with Crippen LogP contribution in [0, 0.1) is 34.3 Å². The van der Waals surface area contributed by atoms with Gasteiger partial charge in [-0.05, 0) is 48.7 Å². The van der Waals surface area contributed by atoms with Crippen molar-refractivity contribution < 1.29 is 13.6 Å². The van der Waals surface area contributed by atoms with Gasteiger partial charge in [-0.25, -0.2) is 8.78 Å². The van der Waals surface area contributed by atoms with Crippen molar-refractivity contribution in [3.05, 3.63) is 76.9 Å². The number of hydrogen-bond acceptors (Lipinski definition) is 4. The van der Waals surface area contributed by atoms with Crippen LogP contribution >= 0.6 is 0 Å². The lowest BCUT2D eigenvalue weighted by Gasteiger charge is -2.21. The van der Waals surface area contributed by atoms with Crippen LogP contribution in [0.3, 0.4) is 0 Å². The van der Waals surface area contributed by atoms with Crippen molar-refractivity contribution in [3.63, 3.8) is 0 Å². The highest BCUT2D eigenvalue weighted by atomic mass is 19.1. The molecule has 30 heavy (non-hydrogen) atoms. The van der Waals surface area contributed by atoms with E-state index in [-0.39, 0.29) is 29.5 Å². The number of carbonyl (C=O) groups excluding carboxylic acids is 1. The normalized spacial score (nSPS) is 19.0. The number of allylic oxidation sites excluding steroid dienone is 1. The van der Waals surface area contributed by atoms with Gasteiger partial charge in [0.2, 0.25) is 5.91 Å². The van der Waals surface area contributed by atoms with E-state index in [9.17, 15) is 13.6 Å². The largest absolute Gasteiger partial charge is 0.331 e. The first-order valence-electron chi connectivity index (χ1n) is 9.57. The number of nitrogens with one attached hydrogen (secondary N) is 2. The number of nitrogens with zero attached hydrogens (tertiary/aromatic N) is 2. The van der Waals surface area contributed by atoms with Crippen LogP contribution in [-0.2, 0) is 4.79 Å². The molecule has 1 aliphatic carbocycles. The zero-order chi connectivity index (χ0) is 21.3. The highest BCUT2D eigenvalue weighted by Gasteiger charge is 2.31. The quantitative estimate of drug-likeness (QED) is 0.738. The molecular formula is C23H18F2N4O. The van der Waals surface area contributed by atoms with Crippen LogP contribution in [0.25, 0.3) is 5.57 Å². The molecule has 0 saturated heterocycles. The summed E-state index contributed by atoms with van der Waals surface area (Å²) < 4.78 is 27.8. The van der Waals surface area contributed by atoms with Crippen molar-refractivity contribution in [3.8, 4) is 6.07 Å². The summed E-state index contributed by atoms with van der Waals surface area (Å²) in [4.78, 5) is 16.8. The van der Waals surface area contributed by atoms with Crippen LogP contribution in [0.4, 0.5) is 8.78 Å². The van der Waals surface area contributed by atoms with Crippen molar-refractivity contribution >= 4 is 22.9 Å². The van der Waals surface area contributed by atoms with Gasteiger partial charge in [-0.1, -0.05) is 12.1 Å². The highest BCUT2D eigenvalue weighted by molar-refractivity contribution is 6.24. The van der Waals surface area contributed by atoms with Gasteiger partial charge in [0.15, 0.2) is 0 Å². The molecule has 2 aliphatic rings. The van der Waals surface area contributed by atoms with Gasteiger partial charge in [0.25, 0.3) is 0 Å². The van der Waals surface area contributed by atoms with E-state index in [0.29, 0.717) is 22.4 Å². The van der Waals surface area contributed by atoms with Gasteiger partial charge in [0.05, 0.1) is 23.8 Å². The first-order chi connectivity index (χ1) is 14.4. The molecule has 7 heteroatoms. The molecule has 1 atom stereocenters. The molecule has 1 amide bonds. The molecule has 2 aromatic rings. The molecule has 1 unspecified atom stereocenters. The van der Waals surface area contributed by atoms with Gasteiger partial charge in [-0.3, -0.25) is 9.79 Å². The maximum Gasteiger partial charge on any atom is 0.227 e. The summed E-state index contributed by atoms with van der Waals surface area (Å²) in [6, 6.07) is 12.0. The number of nitriles is 1. The standard InChI is InChI=1S/C23H18F2N4O/c24-16-7-8-17(19(25)9-16)18(23(27)15-5-6-15)10-21-28-20(11-22(30)29-21)14-3-1-13(12-26)2-4-14/h1-4,7-10,15,21,27H,5-6,11H2,(H,29,30)/b18-10-,27-23?. The minimum atomic E-state index is -0.782. The Kier molecular flexibility index (Phi) is 5.23. The minimum Gasteiger partial charge on any atom is -0.331 e. The average molecular weight is 404 g/mol. The Bertz CT molecular complexity index is 1120. The molecule has 0 aromatic heterocycles. The Labute approximate surface area is 172 Å². The number of hydrogen-bond donors (Lipinski definition) is 2. The molecule has 1 aliphatic heterocycles. The van der Waals surface area contributed by atoms with Crippen molar-refractivity contribution in [1.82, 2.24) is 5.32 Å². The summed E-state index contributed by atoms with van der Waals surface area (Å²) >= 11 is 0. The van der Waals surface area contributed by atoms with Crippen molar-refractivity contribution in [1.29, 1.82) is 10.7 Å². The van der Waals surface area contributed by atoms with Gasteiger partial charge < -0.3 is 10.7 Å². The number of amides is 1. The summed E-state index contributed by atoms with van der Waals surface area (Å²) in [7, 11) is 0. The van der Waals surface area contributed by atoms with E-state index in [1.807, 2.05) is 6.07 Å². The van der Waals surface area contributed by atoms with Gasteiger partial charge in [0.1, 0.15) is 17.8 Å². The predicted molar refractivity (Wildman–Crippen MR) is 109 cm³/mol. The van der Waals surface area contributed by atoms with Crippen molar-refractivity contribution in [2.24, 2.45) is 10.9 Å². The molecule has 150 valence electrons. The highest BCUT2D eigenvalue weighted by Crippen LogP contribution is 2.36. The van der Waals surface area contributed by atoms with E-state index in [1.165, 1.54) is 6.07 Å². The molecule has 2 aromatic carbocycles. The third kappa shape index (κ3) is 4.18. The Morgan fingerprint density at radius 2 is 1.93 bits per heavy atom. The van der Waals surface area contributed by atoms with E-state index in [2.05, 4.69) is 10.3 Å². The monoisotopic (exact) mass is 404 g/mol. The number of benzene rings is 2. The first kappa shape index (κ1) is 19.6. The topological polar surface area (TPSA) is 89.1 Å². The van der Waals surface area contributed by atoms with Gasteiger partial charge >= 0.3 is 0 Å². The Hall–Kier alpha value is -3.66. The fraction of sp³-hybridized carbons (Fsp3) is 0.217. The van der Waals surface area contributed by atoms with Crippen LogP contribution in [0.2, 0.25) is 0 Å². The molecule has 1 saturated carbocycles. The zero-order valence-corrected chi connectivity index (χ0v) is 16.0. The molecular weight excluding hydrogens is 386 g/mol. The molecule has 1 heterocycles. The first-order valence-corrected chi connectivity index (χ1v) is 9.57. The second kappa shape index (κ2) is 7.99. The van der Waals surface area contributed by atoms with Crippen LogP contribution in [-0.4, -0.2) is 23.5 Å². The second-order valence-electron chi connectivity index (χ2n) is 7.35. The lowest BCUT2D eigenvalue weighted by Crippen LogP contribution is -2.39. The number of rotatable bonds is 5. The van der Waals surface area contributed by atoms with Crippen LogP contribution in [0.5, 0.6) is 0 Å². The predicted octanol–water partition coefficient (Wildman–Crippen LogP) is 3.98. The lowest BCUT2D eigenvalue weighted by molar-refractivity contribution is -0.120. The molecule has 2 N–H and O–H groups in total. The third-order valence-corrected chi connectivity index (χ3v) is 5.10. The molecule has 5 nitrogen and oxygen atoms in total. The fourth-order valence-corrected chi connectivity index (χ4v) is 3.39. The van der Waals surface area contributed by atoms with Crippen molar-refractivity contribution in [2.45, 2.75) is 25.4 Å². The van der Waals surface area contributed by atoms with Crippen LogP contribution in [0.15, 0.2) is 53.5 Å². The number of aliphatic imine (C=N–C) groups is 1. The maximum absolute atomic E-state index is 14.5. The summed E-state index contributed by atoms with van der Waals surface area (Å²) in [6.07, 6.45) is 2.54. The van der Waals surface area contributed by atoms with Crippen LogP contribution in [0.1, 0.15) is 36.0 Å². The Balaban J connectivity index is 1.73. The van der Waals surface area contributed by atoms with Crippen LogP contribution < -0.4 is 5.32 Å². The summed E-state index contributed by atoms with van der Waals surface area (Å²) in [6.45, 7) is 0. The van der Waals surface area contributed by atoms with Gasteiger partial charge in [-0.15, -0.1) is 0 Å². The minimum absolute atomic E-state index is 0.0296. The van der Waals surface area contributed by atoms with Crippen molar-refractivity contribution in [2.75, 3.05) is 0 Å². The summed E-state index contributed by atoms with van der Waals surface area (Å²) in [5, 5.41) is 20.1. The average Bonchev–Trinajstić information content (AvgIpc) is 3.57. The van der Waals surface area contributed by atoms with E-state index in [0.717, 1.165) is 25.0 Å². The molecule has 0 radical (unpaired) electrons. The van der Waals surface area contributed by atoms with E-state index >= 15 is 0 Å². The molecule has 0 bridgehead atoms. The molecule has 0 spiro atoms. The van der Waals surface area contributed by atoms with Gasteiger partial charge in [0, 0.05) is 28.8 Å². The van der Waals surface area contributed by atoms with E-state index in [4.69, 9.17) is 10.7 Å². The third-order valence-electron chi connectivity index (χ3n) is 5.10. The molecule has 1 fully saturated rings. The number of carbonyl (C=O) groups is 1. The zero-order valence-electron chi connectivity index (χ0n) is 16.0. The fourth-order valence-electron chi connectivity index (χ4n) is 3.39. The Morgan fingerprint density at radius 3 is 2.57 bits per heavy atom. The number of halogens is 2. The maximum atomic E-state index is 14.5. The smallest absolute Gasteiger partial charge is 0.227 e. The summed E-state index contributed by atoms with van der Waals surface area (Å²) in [5.41, 5.74) is 2.45.